The number of alkyl halides is 3. The number of halogens is 3. The van der Waals surface area contributed by atoms with Crippen molar-refractivity contribution < 1.29 is 27.5 Å². The third-order valence-corrected chi connectivity index (χ3v) is 5.09. The molecule has 0 saturated carbocycles. The molecule has 5 nitrogen and oxygen atoms in total. The summed E-state index contributed by atoms with van der Waals surface area (Å²) in [5.41, 5.74) is 2.83. The van der Waals surface area contributed by atoms with Crippen molar-refractivity contribution in [1.29, 1.82) is 0 Å². The lowest BCUT2D eigenvalue weighted by atomic mass is 10.0. The summed E-state index contributed by atoms with van der Waals surface area (Å²) in [5.74, 6) is -1.57. The second kappa shape index (κ2) is 8.46. The van der Waals surface area contributed by atoms with Crippen LogP contribution in [-0.4, -0.2) is 18.2 Å². The largest absolute Gasteiger partial charge is 0.573 e. The third-order valence-electron chi connectivity index (χ3n) is 5.09. The Balaban J connectivity index is 1.79. The molecule has 8 heteroatoms. The van der Waals surface area contributed by atoms with Crippen LogP contribution in [0.1, 0.15) is 16.7 Å². The van der Waals surface area contributed by atoms with Crippen LogP contribution in [0, 0.1) is 13.8 Å². The molecule has 1 aliphatic heterocycles. The molecule has 0 spiro atoms. The minimum absolute atomic E-state index is 0.0312. The zero-order valence-corrected chi connectivity index (χ0v) is 17.7. The number of amides is 2. The molecule has 1 N–H and O–H groups in total. The number of hydrogen-bond acceptors (Lipinski definition) is 4. The van der Waals surface area contributed by atoms with Crippen molar-refractivity contribution in [2.24, 2.45) is 0 Å². The Morgan fingerprint density at radius 2 is 1.58 bits per heavy atom. The summed E-state index contributed by atoms with van der Waals surface area (Å²) in [4.78, 5) is 28.0. The number of hydrogen-bond donors (Lipinski definition) is 1. The van der Waals surface area contributed by atoms with E-state index < -0.39 is 23.9 Å². The lowest BCUT2D eigenvalue weighted by Crippen LogP contribution is -2.33. The number of aryl methyl sites for hydroxylation is 2. The molecule has 0 saturated heterocycles. The zero-order chi connectivity index (χ0) is 23.8. The summed E-state index contributed by atoms with van der Waals surface area (Å²) in [5, 5.41) is 2.85. The van der Waals surface area contributed by atoms with Gasteiger partial charge in [-0.25, -0.2) is 4.90 Å². The maximum absolute atomic E-state index is 13.5. The highest BCUT2D eigenvalue weighted by atomic mass is 19.4. The summed E-state index contributed by atoms with van der Waals surface area (Å²) >= 11 is 0. The number of anilines is 2. The molecule has 3 aromatic rings. The van der Waals surface area contributed by atoms with Crippen molar-refractivity contribution in [3.8, 4) is 5.75 Å². The van der Waals surface area contributed by atoms with E-state index in [1.807, 2.05) is 19.1 Å². The molecule has 0 atom stereocenters. The topological polar surface area (TPSA) is 58.6 Å². The summed E-state index contributed by atoms with van der Waals surface area (Å²) in [6.45, 7) is 3.64. The highest BCUT2D eigenvalue weighted by molar-refractivity contribution is 6.46. The van der Waals surface area contributed by atoms with Crippen LogP contribution in [-0.2, 0) is 9.59 Å². The Morgan fingerprint density at radius 1 is 0.848 bits per heavy atom. The number of benzene rings is 3. The van der Waals surface area contributed by atoms with Gasteiger partial charge in [-0.15, -0.1) is 13.2 Å². The van der Waals surface area contributed by atoms with E-state index in [-0.39, 0.29) is 17.0 Å². The Hall–Kier alpha value is -4.07. The van der Waals surface area contributed by atoms with Crippen molar-refractivity contribution >= 4 is 28.8 Å². The van der Waals surface area contributed by atoms with Crippen molar-refractivity contribution in [2.75, 3.05) is 10.2 Å². The second-order valence-electron chi connectivity index (χ2n) is 7.55. The highest BCUT2D eigenvalue weighted by Crippen LogP contribution is 2.36. The molecule has 1 aliphatic rings. The fraction of sp³-hybridized carbons (Fsp3) is 0.120. The maximum atomic E-state index is 13.5. The first kappa shape index (κ1) is 22.1. The van der Waals surface area contributed by atoms with Crippen LogP contribution in [0.25, 0.3) is 5.57 Å². The van der Waals surface area contributed by atoms with E-state index in [1.54, 1.807) is 43.3 Å². The lowest BCUT2D eigenvalue weighted by molar-refractivity contribution is -0.274. The van der Waals surface area contributed by atoms with Crippen molar-refractivity contribution in [2.45, 2.75) is 20.2 Å². The molecular formula is C25H19F3N2O3. The molecule has 1 heterocycles. The number of carbonyl (C=O) groups is 2. The van der Waals surface area contributed by atoms with E-state index in [0.717, 1.165) is 28.2 Å². The van der Waals surface area contributed by atoms with E-state index in [1.165, 1.54) is 12.1 Å². The summed E-state index contributed by atoms with van der Waals surface area (Å²) in [6, 6.07) is 19.2. The van der Waals surface area contributed by atoms with Crippen LogP contribution >= 0.6 is 0 Å². The van der Waals surface area contributed by atoms with Crippen LogP contribution in [0.4, 0.5) is 24.5 Å². The average molecular weight is 452 g/mol. The molecule has 0 bridgehead atoms. The fourth-order valence-corrected chi connectivity index (χ4v) is 3.61. The molecule has 2 amide bonds. The zero-order valence-electron chi connectivity index (χ0n) is 17.7. The van der Waals surface area contributed by atoms with Crippen molar-refractivity contribution in [3.05, 3.63) is 95.2 Å². The van der Waals surface area contributed by atoms with Gasteiger partial charge in [0.15, 0.2) is 0 Å². The molecular weight excluding hydrogens is 433 g/mol. The standard InChI is InChI=1S/C25H19F3N2O3/c1-15-11-12-16(2)20(13-15)30-23(31)21(17-7-4-3-5-8-17)22(24(30)32)29-18-9-6-10-19(14-18)33-25(26,27)28/h3-14,29H,1-2H3. The number of ether oxygens (including phenoxy) is 1. The third kappa shape index (κ3) is 4.59. The van der Waals surface area contributed by atoms with Crippen LogP contribution in [0.2, 0.25) is 0 Å². The first-order valence-corrected chi connectivity index (χ1v) is 10.0. The van der Waals surface area contributed by atoms with E-state index in [0.29, 0.717) is 11.3 Å². The van der Waals surface area contributed by atoms with Crippen LogP contribution in [0.3, 0.4) is 0 Å². The summed E-state index contributed by atoms with van der Waals surface area (Å²) < 4.78 is 41.8. The smallest absolute Gasteiger partial charge is 0.406 e. The van der Waals surface area contributed by atoms with E-state index >= 15 is 0 Å². The van der Waals surface area contributed by atoms with Gasteiger partial charge in [0.1, 0.15) is 11.4 Å². The Morgan fingerprint density at radius 3 is 2.27 bits per heavy atom. The van der Waals surface area contributed by atoms with Gasteiger partial charge in [-0.3, -0.25) is 9.59 Å². The Kier molecular flexibility index (Phi) is 5.68. The van der Waals surface area contributed by atoms with Crippen LogP contribution in [0.15, 0.2) is 78.5 Å². The Labute approximate surface area is 188 Å². The second-order valence-corrected chi connectivity index (χ2v) is 7.55. The van der Waals surface area contributed by atoms with E-state index in [4.69, 9.17) is 0 Å². The van der Waals surface area contributed by atoms with Gasteiger partial charge in [-0.1, -0.05) is 48.5 Å². The highest BCUT2D eigenvalue weighted by Gasteiger charge is 2.41. The monoisotopic (exact) mass is 452 g/mol. The maximum Gasteiger partial charge on any atom is 0.573 e. The Bertz CT molecular complexity index is 1270. The molecule has 33 heavy (non-hydrogen) atoms. The summed E-state index contributed by atoms with van der Waals surface area (Å²) in [6.07, 6.45) is -4.86. The van der Waals surface area contributed by atoms with Gasteiger partial charge in [-0.05, 0) is 48.7 Å². The number of imide groups is 1. The van der Waals surface area contributed by atoms with Gasteiger partial charge >= 0.3 is 6.36 Å². The lowest BCUT2D eigenvalue weighted by Gasteiger charge is -2.18. The van der Waals surface area contributed by atoms with E-state index in [2.05, 4.69) is 10.1 Å². The molecule has 168 valence electrons. The molecule has 0 radical (unpaired) electrons. The molecule has 0 aliphatic carbocycles. The predicted octanol–water partition coefficient (Wildman–Crippen LogP) is 5.60. The first-order valence-electron chi connectivity index (χ1n) is 10.0. The minimum Gasteiger partial charge on any atom is -0.406 e. The van der Waals surface area contributed by atoms with Crippen LogP contribution < -0.4 is 15.0 Å². The van der Waals surface area contributed by atoms with Gasteiger partial charge < -0.3 is 10.1 Å². The minimum atomic E-state index is -4.86. The van der Waals surface area contributed by atoms with E-state index in [9.17, 15) is 22.8 Å². The van der Waals surface area contributed by atoms with Gasteiger partial charge in [0.2, 0.25) is 0 Å². The molecule has 0 fully saturated rings. The summed E-state index contributed by atoms with van der Waals surface area (Å²) in [7, 11) is 0. The van der Waals surface area contributed by atoms with Crippen LogP contribution in [0.5, 0.6) is 5.75 Å². The number of rotatable bonds is 5. The SMILES string of the molecule is Cc1ccc(C)c(N2C(=O)C(Nc3cccc(OC(F)(F)F)c3)=C(c3ccccc3)C2=O)c1. The van der Waals surface area contributed by atoms with Gasteiger partial charge in [0.25, 0.3) is 11.8 Å². The van der Waals surface area contributed by atoms with Crippen molar-refractivity contribution in [1.82, 2.24) is 0 Å². The molecule has 4 rings (SSSR count). The predicted molar refractivity (Wildman–Crippen MR) is 119 cm³/mol. The van der Waals surface area contributed by atoms with Gasteiger partial charge in [0.05, 0.1) is 11.3 Å². The normalized spacial score (nSPS) is 14.2. The average Bonchev–Trinajstić information content (AvgIpc) is 2.99. The first-order chi connectivity index (χ1) is 15.6. The fourth-order valence-electron chi connectivity index (χ4n) is 3.61. The molecule has 0 aromatic heterocycles. The molecule has 3 aromatic carbocycles. The number of nitrogens with zero attached hydrogens (tertiary/aromatic N) is 1. The number of nitrogens with one attached hydrogen (secondary N) is 1. The van der Waals surface area contributed by atoms with Gasteiger partial charge in [0, 0.05) is 11.8 Å². The van der Waals surface area contributed by atoms with Crippen molar-refractivity contribution in [3.63, 3.8) is 0 Å². The quantitative estimate of drug-likeness (QED) is 0.512. The molecule has 0 unspecified atom stereocenters. The van der Waals surface area contributed by atoms with Gasteiger partial charge in [-0.2, -0.15) is 0 Å². The number of carbonyl (C=O) groups excluding carboxylic acids is 2.